The maximum atomic E-state index is 12.6. The van der Waals surface area contributed by atoms with Gasteiger partial charge in [-0.1, -0.05) is 23.8 Å². The smallest absolute Gasteiger partial charge is 0.273 e. The second kappa shape index (κ2) is 6.57. The van der Waals surface area contributed by atoms with Gasteiger partial charge in [0.2, 0.25) is 5.91 Å². The third-order valence-corrected chi connectivity index (χ3v) is 4.80. The molecule has 7 nitrogen and oxygen atoms in total. The van der Waals surface area contributed by atoms with Crippen molar-refractivity contribution >= 4 is 28.3 Å². The molecule has 1 amide bonds. The fourth-order valence-electron chi connectivity index (χ4n) is 2.61. The van der Waals surface area contributed by atoms with E-state index < -0.39 is 0 Å². The molecule has 26 heavy (non-hydrogen) atoms. The van der Waals surface area contributed by atoms with E-state index in [1.807, 2.05) is 48.7 Å². The highest BCUT2D eigenvalue weighted by molar-refractivity contribution is 7.10. The molecule has 0 bridgehead atoms. The molecule has 0 saturated carbocycles. The van der Waals surface area contributed by atoms with E-state index in [-0.39, 0.29) is 17.9 Å². The highest BCUT2D eigenvalue weighted by atomic mass is 32.1. The molecule has 0 saturated heterocycles. The number of hydrogen-bond acceptors (Lipinski definition) is 5. The van der Waals surface area contributed by atoms with Gasteiger partial charge >= 0.3 is 0 Å². The Morgan fingerprint density at radius 3 is 2.77 bits per heavy atom. The standard InChI is InChI=1S/C18H15N5O2S/c1-12-4-6-13(7-5-12)23-17-15(10-20-23)18(25)22(11-19-17)21-16(24)9-14-3-2-8-26-14/h2-8,10-11H,9H2,1H3,(H,21,24). The Balaban J connectivity index is 1.64. The molecule has 0 fully saturated rings. The number of nitrogens with zero attached hydrogens (tertiary/aromatic N) is 4. The zero-order chi connectivity index (χ0) is 18.1. The molecule has 1 aromatic carbocycles. The molecule has 3 aromatic heterocycles. The summed E-state index contributed by atoms with van der Waals surface area (Å²) >= 11 is 1.49. The lowest BCUT2D eigenvalue weighted by Crippen LogP contribution is -2.33. The average Bonchev–Trinajstić information content (AvgIpc) is 3.28. The molecule has 1 N–H and O–H groups in total. The largest absolute Gasteiger partial charge is 0.283 e. The predicted molar refractivity (Wildman–Crippen MR) is 100 cm³/mol. The molecule has 4 rings (SSSR count). The lowest BCUT2D eigenvalue weighted by atomic mass is 10.2. The highest BCUT2D eigenvalue weighted by Crippen LogP contribution is 2.14. The van der Waals surface area contributed by atoms with E-state index in [1.54, 1.807) is 4.68 Å². The molecule has 3 heterocycles. The Bertz CT molecular complexity index is 1130. The summed E-state index contributed by atoms with van der Waals surface area (Å²) in [6.45, 7) is 2.00. The van der Waals surface area contributed by atoms with Crippen molar-refractivity contribution in [3.63, 3.8) is 0 Å². The zero-order valence-electron chi connectivity index (χ0n) is 13.9. The van der Waals surface area contributed by atoms with E-state index in [0.29, 0.717) is 11.0 Å². The van der Waals surface area contributed by atoms with Crippen LogP contribution in [0.15, 0.2) is 59.1 Å². The van der Waals surface area contributed by atoms with Crippen LogP contribution in [0.1, 0.15) is 10.4 Å². The fraction of sp³-hybridized carbons (Fsp3) is 0.111. The summed E-state index contributed by atoms with van der Waals surface area (Å²) in [6, 6.07) is 11.5. The van der Waals surface area contributed by atoms with Gasteiger partial charge < -0.3 is 0 Å². The molecule has 0 spiro atoms. The number of thiophene rings is 1. The number of benzene rings is 1. The number of carbonyl (C=O) groups excluding carboxylic acids is 1. The topological polar surface area (TPSA) is 81.8 Å². The SMILES string of the molecule is Cc1ccc(-n2ncc3c(=O)n(NC(=O)Cc4cccs4)cnc32)cc1. The van der Waals surface area contributed by atoms with E-state index in [4.69, 9.17) is 0 Å². The monoisotopic (exact) mass is 365 g/mol. The zero-order valence-corrected chi connectivity index (χ0v) is 14.7. The van der Waals surface area contributed by atoms with E-state index >= 15 is 0 Å². The molecule has 0 aliphatic heterocycles. The maximum Gasteiger partial charge on any atom is 0.283 e. The van der Waals surface area contributed by atoms with Crippen LogP contribution in [-0.4, -0.2) is 25.3 Å². The van der Waals surface area contributed by atoms with Crippen molar-refractivity contribution in [1.82, 2.24) is 19.4 Å². The summed E-state index contributed by atoms with van der Waals surface area (Å²) in [5, 5.41) is 6.51. The summed E-state index contributed by atoms with van der Waals surface area (Å²) in [5.74, 6) is -0.276. The van der Waals surface area contributed by atoms with Crippen LogP contribution in [0.5, 0.6) is 0 Å². The lowest BCUT2D eigenvalue weighted by molar-refractivity contribution is -0.116. The number of amides is 1. The van der Waals surface area contributed by atoms with Crippen LogP contribution in [-0.2, 0) is 11.2 Å². The van der Waals surface area contributed by atoms with E-state index in [1.165, 1.54) is 23.9 Å². The number of carbonyl (C=O) groups is 1. The summed E-state index contributed by atoms with van der Waals surface area (Å²) in [4.78, 5) is 30.0. The maximum absolute atomic E-state index is 12.6. The third kappa shape index (κ3) is 3.02. The molecule has 0 atom stereocenters. The molecular formula is C18H15N5O2S. The molecular weight excluding hydrogens is 350 g/mol. The molecule has 0 unspecified atom stereocenters. The number of fused-ring (bicyclic) bond motifs is 1. The van der Waals surface area contributed by atoms with Crippen LogP contribution in [0.2, 0.25) is 0 Å². The van der Waals surface area contributed by atoms with Crippen molar-refractivity contribution in [2.45, 2.75) is 13.3 Å². The Hall–Kier alpha value is -3.26. The first kappa shape index (κ1) is 16.2. The minimum absolute atomic E-state index is 0.213. The Kier molecular flexibility index (Phi) is 4.10. The van der Waals surface area contributed by atoms with Crippen LogP contribution < -0.4 is 11.0 Å². The normalized spacial score (nSPS) is 11.0. The van der Waals surface area contributed by atoms with Gasteiger partial charge in [-0.05, 0) is 30.5 Å². The fourth-order valence-corrected chi connectivity index (χ4v) is 3.32. The summed E-state index contributed by atoms with van der Waals surface area (Å²) < 4.78 is 2.70. The van der Waals surface area contributed by atoms with Crippen molar-refractivity contribution in [2.75, 3.05) is 5.43 Å². The summed E-state index contributed by atoms with van der Waals surface area (Å²) in [7, 11) is 0. The van der Waals surface area contributed by atoms with Gasteiger partial charge in [-0.25, -0.2) is 14.3 Å². The van der Waals surface area contributed by atoms with E-state index in [9.17, 15) is 9.59 Å². The highest BCUT2D eigenvalue weighted by Gasteiger charge is 2.13. The van der Waals surface area contributed by atoms with Gasteiger partial charge in [-0.3, -0.25) is 15.0 Å². The van der Waals surface area contributed by atoms with Crippen molar-refractivity contribution in [3.05, 3.63) is 75.1 Å². The molecule has 0 aliphatic carbocycles. The molecule has 4 aromatic rings. The molecule has 8 heteroatoms. The van der Waals surface area contributed by atoms with Gasteiger partial charge in [0.05, 0.1) is 18.3 Å². The number of nitrogens with one attached hydrogen (secondary N) is 1. The lowest BCUT2D eigenvalue weighted by Gasteiger charge is -2.07. The second-order valence-electron chi connectivity index (χ2n) is 5.84. The first-order chi connectivity index (χ1) is 12.6. The van der Waals surface area contributed by atoms with Gasteiger partial charge in [-0.2, -0.15) is 5.10 Å². The van der Waals surface area contributed by atoms with Gasteiger partial charge in [0, 0.05) is 4.88 Å². The average molecular weight is 365 g/mol. The second-order valence-corrected chi connectivity index (χ2v) is 6.87. The van der Waals surface area contributed by atoms with E-state index in [0.717, 1.165) is 20.8 Å². The summed E-state index contributed by atoms with van der Waals surface area (Å²) in [6.07, 6.45) is 2.99. The van der Waals surface area contributed by atoms with Crippen LogP contribution >= 0.6 is 11.3 Å². The van der Waals surface area contributed by atoms with Crippen molar-refractivity contribution in [1.29, 1.82) is 0 Å². The van der Waals surface area contributed by atoms with Crippen LogP contribution in [0.4, 0.5) is 0 Å². The molecule has 130 valence electrons. The Labute approximate surface area is 152 Å². The van der Waals surface area contributed by atoms with Crippen LogP contribution in [0.25, 0.3) is 16.7 Å². The number of aromatic nitrogens is 4. The Morgan fingerprint density at radius 1 is 1.23 bits per heavy atom. The minimum Gasteiger partial charge on any atom is -0.273 e. The predicted octanol–water partition coefficient (Wildman–Crippen LogP) is 2.26. The molecule has 0 aliphatic rings. The van der Waals surface area contributed by atoms with Crippen molar-refractivity contribution in [2.24, 2.45) is 0 Å². The first-order valence-electron chi connectivity index (χ1n) is 7.96. The molecule has 0 radical (unpaired) electrons. The minimum atomic E-state index is -0.368. The number of hydrogen-bond donors (Lipinski definition) is 1. The first-order valence-corrected chi connectivity index (χ1v) is 8.84. The van der Waals surface area contributed by atoms with Crippen LogP contribution in [0, 0.1) is 6.92 Å². The van der Waals surface area contributed by atoms with E-state index in [2.05, 4.69) is 15.5 Å². The third-order valence-electron chi connectivity index (χ3n) is 3.93. The van der Waals surface area contributed by atoms with Crippen molar-refractivity contribution < 1.29 is 4.79 Å². The van der Waals surface area contributed by atoms with Gasteiger partial charge in [-0.15, -0.1) is 11.3 Å². The van der Waals surface area contributed by atoms with Crippen LogP contribution in [0.3, 0.4) is 0 Å². The van der Waals surface area contributed by atoms with Gasteiger partial charge in [0.25, 0.3) is 5.56 Å². The Morgan fingerprint density at radius 2 is 2.04 bits per heavy atom. The quantitative estimate of drug-likeness (QED) is 0.601. The summed E-state index contributed by atoms with van der Waals surface area (Å²) in [5.41, 5.74) is 4.60. The van der Waals surface area contributed by atoms with Gasteiger partial charge in [0.1, 0.15) is 11.7 Å². The number of rotatable bonds is 4. The number of aryl methyl sites for hydroxylation is 1. The van der Waals surface area contributed by atoms with Gasteiger partial charge in [0.15, 0.2) is 5.65 Å². The van der Waals surface area contributed by atoms with Crippen molar-refractivity contribution in [3.8, 4) is 5.69 Å².